The molecule has 0 radical (unpaired) electrons. The Labute approximate surface area is 186 Å². The van der Waals surface area contributed by atoms with E-state index in [1.807, 2.05) is 43.3 Å². The fourth-order valence-electron chi connectivity index (χ4n) is 2.81. The van der Waals surface area contributed by atoms with Crippen LogP contribution < -0.4 is 4.74 Å². The summed E-state index contributed by atoms with van der Waals surface area (Å²) < 4.78 is 41.5. The van der Waals surface area contributed by atoms with Gasteiger partial charge in [0, 0.05) is 0 Å². The molecular weight excluding hydrogens is 438 g/mol. The first kappa shape index (κ1) is 23.1. The van der Waals surface area contributed by atoms with E-state index in [1.165, 1.54) is 0 Å². The molecule has 1 aromatic heterocycles. The van der Waals surface area contributed by atoms with Crippen LogP contribution in [-0.2, 0) is 19.4 Å². The molecule has 0 saturated carbocycles. The first-order valence-corrected chi connectivity index (χ1v) is 12.8. The zero-order valence-corrected chi connectivity index (χ0v) is 18.9. The van der Waals surface area contributed by atoms with Gasteiger partial charge in [-0.2, -0.15) is 0 Å². The summed E-state index contributed by atoms with van der Waals surface area (Å²) in [7, 11) is -3.37. The maximum absolute atomic E-state index is 12.4. The van der Waals surface area contributed by atoms with Crippen LogP contribution in [0.1, 0.15) is 19.8 Å². The third-order valence-electron chi connectivity index (χ3n) is 4.31. The fraction of sp³-hybridized carbons (Fsp3) is 0.364. The highest BCUT2D eigenvalue weighted by Gasteiger charge is 2.24. The Kier molecular flexibility index (Phi) is 8.36. The van der Waals surface area contributed by atoms with Crippen molar-refractivity contribution in [1.29, 1.82) is 0 Å². The van der Waals surface area contributed by atoms with Crippen LogP contribution in [0.3, 0.4) is 0 Å². The summed E-state index contributed by atoms with van der Waals surface area (Å²) >= 11 is 1.10. The molecule has 0 fully saturated rings. The van der Waals surface area contributed by atoms with Gasteiger partial charge in [0.25, 0.3) is 5.22 Å². The molecule has 3 aromatic rings. The molecule has 0 amide bonds. The number of carbonyl (C=O) groups excluding carboxylic acids is 1. The van der Waals surface area contributed by atoms with Crippen LogP contribution in [0.15, 0.2) is 64.2 Å². The Hall–Kier alpha value is -2.52. The summed E-state index contributed by atoms with van der Waals surface area (Å²) in [5.41, 5.74) is 1.34. The number of unbranched alkanes of at least 4 members (excludes halogenated alkanes) is 1. The first-order chi connectivity index (χ1) is 14.9. The van der Waals surface area contributed by atoms with Gasteiger partial charge in [0.1, 0.15) is 29.7 Å². The topological polar surface area (TPSA) is 95.7 Å². The van der Waals surface area contributed by atoms with Gasteiger partial charge in [0.2, 0.25) is 0 Å². The number of hydrogen-bond donors (Lipinski definition) is 0. The number of benzene rings is 2. The van der Waals surface area contributed by atoms with Gasteiger partial charge in [-0.25, -0.2) is 13.4 Å². The SMILES string of the molecule is CCCCS(=O)(=O)CC(COc1ccccc1)OC(=O)CSc1nc2ccccc2o1. The van der Waals surface area contributed by atoms with Crippen molar-refractivity contribution in [2.75, 3.05) is 23.9 Å². The van der Waals surface area contributed by atoms with E-state index >= 15 is 0 Å². The molecule has 31 heavy (non-hydrogen) atoms. The van der Waals surface area contributed by atoms with Gasteiger partial charge in [-0.3, -0.25) is 4.79 Å². The van der Waals surface area contributed by atoms with Crippen LogP contribution in [0.25, 0.3) is 11.1 Å². The first-order valence-electron chi connectivity index (χ1n) is 10.0. The van der Waals surface area contributed by atoms with E-state index in [4.69, 9.17) is 13.9 Å². The number of fused-ring (bicyclic) bond motifs is 1. The van der Waals surface area contributed by atoms with Crippen LogP contribution in [0.2, 0.25) is 0 Å². The number of aromatic nitrogens is 1. The Morgan fingerprint density at radius 1 is 1.13 bits per heavy atom. The third kappa shape index (κ3) is 7.59. The van der Waals surface area contributed by atoms with Crippen LogP contribution >= 0.6 is 11.8 Å². The van der Waals surface area contributed by atoms with Crippen LogP contribution in [0.4, 0.5) is 0 Å². The van der Waals surface area contributed by atoms with E-state index in [2.05, 4.69) is 4.98 Å². The minimum Gasteiger partial charge on any atom is -0.490 e. The number of oxazole rings is 1. The lowest BCUT2D eigenvalue weighted by molar-refractivity contribution is -0.146. The average molecular weight is 464 g/mol. The molecule has 0 aliphatic carbocycles. The summed E-state index contributed by atoms with van der Waals surface area (Å²) in [4.78, 5) is 16.7. The van der Waals surface area contributed by atoms with Gasteiger partial charge in [-0.15, -0.1) is 0 Å². The smallest absolute Gasteiger partial charge is 0.316 e. The second kappa shape index (κ2) is 11.2. The van der Waals surface area contributed by atoms with Crippen LogP contribution in [-0.4, -0.2) is 49.3 Å². The molecule has 0 spiro atoms. The van der Waals surface area contributed by atoms with Crippen molar-refractivity contribution in [1.82, 2.24) is 4.98 Å². The lowest BCUT2D eigenvalue weighted by atomic mass is 10.3. The molecule has 9 heteroatoms. The van der Waals surface area contributed by atoms with E-state index < -0.39 is 21.9 Å². The van der Waals surface area contributed by atoms with Gasteiger partial charge >= 0.3 is 5.97 Å². The minimum absolute atomic E-state index is 0.0470. The van der Waals surface area contributed by atoms with Crippen LogP contribution in [0.5, 0.6) is 5.75 Å². The van der Waals surface area contributed by atoms with Crippen molar-refractivity contribution in [2.24, 2.45) is 0 Å². The van der Waals surface area contributed by atoms with Crippen molar-refractivity contribution >= 4 is 38.7 Å². The highest BCUT2D eigenvalue weighted by Crippen LogP contribution is 2.23. The Balaban J connectivity index is 1.59. The molecule has 166 valence electrons. The maximum Gasteiger partial charge on any atom is 0.316 e. The predicted molar refractivity (Wildman–Crippen MR) is 120 cm³/mol. The largest absolute Gasteiger partial charge is 0.490 e. The second-order valence-corrected chi connectivity index (χ2v) is 10.1. The molecule has 1 atom stereocenters. The number of thioether (sulfide) groups is 1. The summed E-state index contributed by atoms with van der Waals surface area (Å²) in [6.07, 6.45) is 0.431. The zero-order valence-electron chi connectivity index (χ0n) is 17.2. The number of ether oxygens (including phenoxy) is 2. The van der Waals surface area contributed by atoms with Gasteiger partial charge < -0.3 is 13.9 Å². The highest BCUT2D eigenvalue weighted by molar-refractivity contribution is 7.99. The Morgan fingerprint density at radius 3 is 2.61 bits per heavy atom. The number of rotatable bonds is 12. The number of esters is 1. The zero-order chi connectivity index (χ0) is 22.1. The van der Waals surface area contributed by atoms with E-state index in [0.29, 0.717) is 28.5 Å². The van der Waals surface area contributed by atoms with Crippen molar-refractivity contribution in [3.63, 3.8) is 0 Å². The lowest BCUT2D eigenvalue weighted by Crippen LogP contribution is -2.33. The molecule has 2 aromatic carbocycles. The van der Waals surface area contributed by atoms with Gasteiger partial charge in [-0.05, 0) is 30.7 Å². The molecule has 7 nitrogen and oxygen atoms in total. The van der Waals surface area contributed by atoms with Gasteiger partial charge in [0.05, 0.1) is 11.5 Å². The maximum atomic E-state index is 12.4. The number of carbonyl (C=O) groups is 1. The Morgan fingerprint density at radius 2 is 1.87 bits per heavy atom. The van der Waals surface area contributed by atoms with Gasteiger partial charge in [0.15, 0.2) is 15.4 Å². The quantitative estimate of drug-likeness (QED) is 0.292. The predicted octanol–water partition coefficient (Wildman–Crippen LogP) is 4.13. The fourth-order valence-corrected chi connectivity index (χ4v) is 5.05. The summed E-state index contributed by atoms with van der Waals surface area (Å²) in [6.45, 7) is 1.88. The standard InChI is InChI=1S/C22H25NO6S2/c1-2-3-13-31(25,26)16-18(14-27-17-9-5-4-6-10-17)28-21(24)15-30-22-23-19-11-7-8-12-20(19)29-22/h4-12,18H,2-3,13-16H2,1H3. The summed E-state index contributed by atoms with van der Waals surface area (Å²) in [5, 5.41) is 0.353. The molecule has 0 bridgehead atoms. The van der Waals surface area contributed by atoms with E-state index in [1.54, 1.807) is 18.2 Å². The van der Waals surface area contributed by atoms with E-state index in [0.717, 1.165) is 18.2 Å². The number of sulfone groups is 1. The number of para-hydroxylation sites is 3. The molecule has 0 saturated heterocycles. The highest BCUT2D eigenvalue weighted by atomic mass is 32.2. The number of hydrogen-bond acceptors (Lipinski definition) is 8. The lowest BCUT2D eigenvalue weighted by Gasteiger charge is -2.18. The summed E-state index contributed by atoms with van der Waals surface area (Å²) in [5.74, 6) is -0.251. The van der Waals surface area contributed by atoms with E-state index in [9.17, 15) is 13.2 Å². The van der Waals surface area contributed by atoms with Crippen LogP contribution in [0, 0.1) is 0 Å². The molecule has 1 heterocycles. The normalized spacial score (nSPS) is 12.5. The molecular formula is C22H25NO6S2. The third-order valence-corrected chi connectivity index (χ3v) is 6.91. The molecule has 0 aliphatic heterocycles. The average Bonchev–Trinajstić information content (AvgIpc) is 3.18. The summed E-state index contributed by atoms with van der Waals surface area (Å²) in [6, 6.07) is 16.3. The minimum atomic E-state index is -3.37. The molecule has 0 N–H and O–H groups in total. The van der Waals surface area contributed by atoms with Gasteiger partial charge in [-0.1, -0.05) is 55.4 Å². The molecule has 3 rings (SSSR count). The molecule has 0 aliphatic rings. The van der Waals surface area contributed by atoms with E-state index in [-0.39, 0.29) is 23.9 Å². The van der Waals surface area contributed by atoms with Crippen molar-refractivity contribution in [2.45, 2.75) is 31.1 Å². The Bertz CT molecular complexity index is 1050. The van der Waals surface area contributed by atoms with Crippen molar-refractivity contribution in [3.05, 3.63) is 54.6 Å². The van der Waals surface area contributed by atoms with Crippen molar-refractivity contribution < 1.29 is 27.1 Å². The monoisotopic (exact) mass is 463 g/mol. The molecule has 1 unspecified atom stereocenters. The van der Waals surface area contributed by atoms with Crippen molar-refractivity contribution in [3.8, 4) is 5.75 Å². The second-order valence-electron chi connectivity index (χ2n) is 6.94. The number of nitrogens with zero attached hydrogens (tertiary/aromatic N) is 1.